The van der Waals surface area contributed by atoms with Crippen LogP contribution in [-0.4, -0.2) is 41.8 Å². The summed E-state index contributed by atoms with van der Waals surface area (Å²) in [6.45, 7) is 8.02. The molecule has 0 amide bonds. The summed E-state index contributed by atoms with van der Waals surface area (Å²) >= 11 is 0. The highest BCUT2D eigenvalue weighted by molar-refractivity contribution is 5.78. The lowest BCUT2D eigenvalue weighted by molar-refractivity contribution is 0.0943. The summed E-state index contributed by atoms with van der Waals surface area (Å²) in [4.78, 5) is 17.3. The normalized spacial score (nSPS) is 11.9. The molecular weight excluding hydrogens is 318 g/mol. The average molecular weight is 341 g/mol. The number of imidazole rings is 1. The molecule has 25 heavy (non-hydrogen) atoms. The standard InChI is InChI=1S/C17H23N7O/c1-11(2)24-10-21-12-8-19-15(7-13(12)24)22-14-5-6-18-16(23-14)20-9-17(3,4)25/h5-8,10-11,25H,9H2,1-4H3,(H2,18,19,20,22,23). The average Bonchev–Trinajstić information content (AvgIpc) is 2.96. The molecule has 0 spiro atoms. The van der Waals surface area contributed by atoms with Crippen LogP contribution < -0.4 is 10.6 Å². The van der Waals surface area contributed by atoms with Crippen molar-refractivity contribution in [1.29, 1.82) is 0 Å². The van der Waals surface area contributed by atoms with E-state index in [1.807, 2.05) is 12.4 Å². The van der Waals surface area contributed by atoms with Gasteiger partial charge in [-0.25, -0.2) is 15.0 Å². The molecule has 0 saturated carbocycles. The van der Waals surface area contributed by atoms with E-state index in [0.29, 0.717) is 30.2 Å². The van der Waals surface area contributed by atoms with Crippen molar-refractivity contribution >= 4 is 28.6 Å². The Balaban J connectivity index is 1.80. The third-order valence-electron chi connectivity index (χ3n) is 3.61. The zero-order valence-corrected chi connectivity index (χ0v) is 14.9. The van der Waals surface area contributed by atoms with Crippen molar-refractivity contribution in [2.75, 3.05) is 17.2 Å². The van der Waals surface area contributed by atoms with Crippen molar-refractivity contribution < 1.29 is 5.11 Å². The third-order valence-corrected chi connectivity index (χ3v) is 3.61. The maximum absolute atomic E-state index is 9.78. The number of nitrogens with one attached hydrogen (secondary N) is 2. The summed E-state index contributed by atoms with van der Waals surface area (Å²) in [6, 6.07) is 4.03. The molecule has 0 bridgehead atoms. The van der Waals surface area contributed by atoms with E-state index in [1.54, 1.807) is 32.3 Å². The number of hydrogen-bond donors (Lipinski definition) is 3. The van der Waals surface area contributed by atoms with E-state index < -0.39 is 5.60 Å². The van der Waals surface area contributed by atoms with E-state index in [4.69, 9.17) is 0 Å². The van der Waals surface area contributed by atoms with E-state index >= 15 is 0 Å². The Labute approximate surface area is 146 Å². The molecular formula is C17H23N7O. The Morgan fingerprint density at radius 3 is 2.72 bits per heavy atom. The van der Waals surface area contributed by atoms with Crippen molar-refractivity contribution in [2.24, 2.45) is 0 Å². The maximum Gasteiger partial charge on any atom is 0.224 e. The first kappa shape index (κ1) is 17.1. The topological polar surface area (TPSA) is 101 Å². The van der Waals surface area contributed by atoms with Crippen molar-refractivity contribution in [3.63, 3.8) is 0 Å². The highest BCUT2D eigenvalue weighted by Crippen LogP contribution is 2.21. The summed E-state index contributed by atoms with van der Waals surface area (Å²) < 4.78 is 2.10. The third kappa shape index (κ3) is 4.21. The first-order chi connectivity index (χ1) is 11.8. The molecule has 8 nitrogen and oxygen atoms in total. The van der Waals surface area contributed by atoms with Gasteiger partial charge >= 0.3 is 0 Å². The lowest BCUT2D eigenvalue weighted by Crippen LogP contribution is -2.29. The van der Waals surface area contributed by atoms with Crippen LogP contribution in [0.1, 0.15) is 33.7 Å². The lowest BCUT2D eigenvalue weighted by atomic mass is 10.1. The molecule has 8 heteroatoms. The molecule has 0 radical (unpaired) electrons. The maximum atomic E-state index is 9.78. The monoisotopic (exact) mass is 341 g/mol. The van der Waals surface area contributed by atoms with Gasteiger partial charge in [0.25, 0.3) is 0 Å². The Kier molecular flexibility index (Phi) is 4.54. The Bertz CT molecular complexity index is 867. The van der Waals surface area contributed by atoms with Gasteiger partial charge in [-0.15, -0.1) is 0 Å². The van der Waals surface area contributed by atoms with Crippen LogP contribution in [-0.2, 0) is 0 Å². The van der Waals surface area contributed by atoms with E-state index in [1.165, 1.54) is 0 Å². The second-order valence-corrected chi connectivity index (χ2v) is 6.86. The summed E-state index contributed by atoms with van der Waals surface area (Å²) in [5.74, 6) is 1.75. The molecule has 3 aromatic heterocycles. The number of nitrogens with zero attached hydrogens (tertiary/aromatic N) is 5. The molecule has 3 N–H and O–H groups in total. The van der Waals surface area contributed by atoms with Gasteiger partial charge < -0.3 is 20.3 Å². The number of aromatic nitrogens is 5. The van der Waals surface area contributed by atoms with E-state index in [2.05, 4.69) is 49.0 Å². The quantitative estimate of drug-likeness (QED) is 0.633. The van der Waals surface area contributed by atoms with Crippen molar-refractivity contribution in [3.05, 3.63) is 30.9 Å². The lowest BCUT2D eigenvalue weighted by Gasteiger charge is -2.17. The minimum Gasteiger partial charge on any atom is -0.389 e. The van der Waals surface area contributed by atoms with E-state index in [-0.39, 0.29) is 0 Å². The Morgan fingerprint density at radius 1 is 1.20 bits per heavy atom. The molecule has 0 atom stereocenters. The number of rotatable bonds is 6. The summed E-state index contributed by atoms with van der Waals surface area (Å²) in [6.07, 6.45) is 5.22. The van der Waals surface area contributed by atoms with Crippen molar-refractivity contribution in [3.8, 4) is 0 Å². The van der Waals surface area contributed by atoms with Crippen LogP contribution in [0.3, 0.4) is 0 Å². The van der Waals surface area contributed by atoms with Crippen LogP contribution in [0.25, 0.3) is 11.0 Å². The fourth-order valence-corrected chi connectivity index (χ4v) is 2.35. The molecule has 0 saturated heterocycles. The Morgan fingerprint density at radius 2 is 2.00 bits per heavy atom. The van der Waals surface area contributed by atoms with Crippen LogP contribution in [0.15, 0.2) is 30.9 Å². The molecule has 0 unspecified atom stereocenters. The van der Waals surface area contributed by atoms with Crippen LogP contribution in [0.2, 0.25) is 0 Å². The smallest absolute Gasteiger partial charge is 0.224 e. The minimum atomic E-state index is -0.839. The molecule has 0 aliphatic carbocycles. The second kappa shape index (κ2) is 6.64. The molecule has 3 aromatic rings. The van der Waals surface area contributed by atoms with Gasteiger partial charge in [-0.2, -0.15) is 4.98 Å². The van der Waals surface area contributed by atoms with Crippen molar-refractivity contribution in [1.82, 2.24) is 24.5 Å². The van der Waals surface area contributed by atoms with Crippen molar-refractivity contribution in [2.45, 2.75) is 39.3 Å². The van der Waals surface area contributed by atoms with Gasteiger partial charge in [-0.1, -0.05) is 0 Å². The SMILES string of the molecule is CC(C)n1cnc2cnc(Nc3ccnc(NCC(C)(C)O)n3)cc21. The number of hydrogen-bond acceptors (Lipinski definition) is 7. The predicted octanol–water partition coefficient (Wildman–Crippen LogP) is 2.73. The van der Waals surface area contributed by atoms with Crippen LogP contribution >= 0.6 is 0 Å². The van der Waals surface area contributed by atoms with Gasteiger partial charge in [-0.3, -0.25) is 0 Å². The summed E-state index contributed by atoms with van der Waals surface area (Å²) in [5.41, 5.74) is 1.03. The predicted molar refractivity (Wildman–Crippen MR) is 98.0 cm³/mol. The summed E-state index contributed by atoms with van der Waals surface area (Å²) in [7, 11) is 0. The molecule has 0 aliphatic heterocycles. The minimum absolute atomic E-state index is 0.317. The van der Waals surface area contributed by atoms with Gasteiger partial charge in [0.05, 0.1) is 23.6 Å². The van der Waals surface area contributed by atoms with E-state index in [0.717, 1.165) is 11.0 Å². The Hall–Kier alpha value is -2.74. The number of anilines is 3. The van der Waals surface area contributed by atoms with Gasteiger partial charge in [0.2, 0.25) is 5.95 Å². The number of pyridine rings is 1. The molecule has 0 fully saturated rings. The molecule has 132 valence electrons. The summed E-state index contributed by atoms with van der Waals surface area (Å²) in [5, 5.41) is 16.0. The number of fused-ring (bicyclic) bond motifs is 1. The first-order valence-corrected chi connectivity index (χ1v) is 8.21. The van der Waals surface area contributed by atoms with Gasteiger partial charge in [-0.05, 0) is 33.8 Å². The fraction of sp³-hybridized carbons (Fsp3) is 0.412. The zero-order valence-electron chi connectivity index (χ0n) is 14.9. The van der Waals surface area contributed by atoms with Crippen LogP contribution in [0.5, 0.6) is 0 Å². The largest absolute Gasteiger partial charge is 0.389 e. The second-order valence-electron chi connectivity index (χ2n) is 6.86. The van der Waals surface area contributed by atoms with Gasteiger partial charge in [0, 0.05) is 24.8 Å². The van der Waals surface area contributed by atoms with Gasteiger partial charge in [0.1, 0.15) is 17.2 Å². The molecule has 0 aromatic carbocycles. The zero-order chi connectivity index (χ0) is 18.0. The van der Waals surface area contributed by atoms with Crippen LogP contribution in [0.4, 0.5) is 17.6 Å². The van der Waals surface area contributed by atoms with E-state index in [9.17, 15) is 5.11 Å². The van der Waals surface area contributed by atoms with Gasteiger partial charge in [0.15, 0.2) is 0 Å². The fourth-order valence-electron chi connectivity index (χ4n) is 2.35. The highest BCUT2D eigenvalue weighted by atomic mass is 16.3. The molecule has 3 rings (SSSR count). The number of aliphatic hydroxyl groups is 1. The molecule has 3 heterocycles. The van der Waals surface area contributed by atoms with Crippen LogP contribution in [0, 0.1) is 0 Å². The first-order valence-electron chi connectivity index (χ1n) is 8.21. The highest BCUT2D eigenvalue weighted by Gasteiger charge is 2.13. The molecule has 0 aliphatic rings.